The van der Waals surface area contributed by atoms with E-state index < -0.39 is 0 Å². The Balaban J connectivity index is 1.76. The predicted molar refractivity (Wildman–Crippen MR) is 97.2 cm³/mol. The van der Waals surface area contributed by atoms with E-state index in [0.29, 0.717) is 5.92 Å². The van der Waals surface area contributed by atoms with Crippen molar-refractivity contribution in [1.82, 2.24) is 10.2 Å². The molecule has 0 aliphatic carbocycles. The number of rotatable bonds is 5. The number of anilines is 1. The Hall–Kier alpha value is -2.01. The van der Waals surface area contributed by atoms with Crippen molar-refractivity contribution < 1.29 is 9.50 Å². The third-order valence-electron chi connectivity index (χ3n) is 5.08. The highest BCUT2D eigenvalue weighted by molar-refractivity contribution is 5.39. The number of hydrogen-bond acceptors (Lipinski definition) is 4. The average molecular weight is 343 g/mol. The number of hydrogen-bond donors (Lipinski definition) is 1. The van der Waals surface area contributed by atoms with Gasteiger partial charge in [0, 0.05) is 18.5 Å². The van der Waals surface area contributed by atoms with Crippen molar-refractivity contribution in [3.63, 3.8) is 0 Å². The van der Waals surface area contributed by atoms with Gasteiger partial charge in [0.15, 0.2) is 5.82 Å². The van der Waals surface area contributed by atoms with Gasteiger partial charge in [-0.25, -0.2) is 4.39 Å². The molecule has 3 rings (SSSR count). The minimum absolute atomic E-state index is 0.110. The van der Waals surface area contributed by atoms with Gasteiger partial charge in [-0.3, -0.25) is 0 Å². The van der Waals surface area contributed by atoms with Crippen LogP contribution in [0.1, 0.15) is 43.9 Å². The lowest BCUT2D eigenvalue weighted by molar-refractivity contribution is 0.105. The molecule has 0 amide bonds. The van der Waals surface area contributed by atoms with Crippen molar-refractivity contribution in [1.29, 1.82) is 0 Å². The zero-order chi connectivity index (χ0) is 17.9. The molecular formula is C20H26FN3O. The molecule has 1 aliphatic heterocycles. The van der Waals surface area contributed by atoms with Crippen LogP contribution in [0.5, 0.6) is 0 Å². The Labute approximate surface area is 148 Å². The monoisotopic (exact) mass is 343 g/mol. The number of piperidine rings is 1. The van der Waals surface area contributed by atoms with Gasteiger partial charge in [-0.15, -0.1) is 5.10 Å². The van der Waals surface area contributed by atoms with Gasteiger partial charge >= 0.3 is 0 Å². The van der Waals surface area contributed by atoms with Gasteiger partial charge in [0.1, 0.15) is 5.82 Å². The molecule has 0 saturated carbocycles. The number of aliphatic hydroxyl groups excluding tert-OH is 1. The van der Waals surface area contributed by atoms with Gasteiger partial charge < -0.3 is 10.0 Å². The summed E-state index contributed by atoms with van der Waals surface area (Å²) in [4.78, 5) is 2.21. The lowest BCUT2D eigenvalue weighted by Crippen LogP contribution is -2.47. The minimum atomic E-state index is -0.229. The molecule has 0 bridgehead atoms. The zero-order valence-corrected chi connectivity index (χ0v) is 15.0. The molecule has 1 aromatic heterocycles. The second kappa shape index (κ2) is 7.48. The highest BCUT2D eigenvalue weighted by atomic mass is 19.1. The number of aromatic nitrogens is 2. The summed E-state index contributed by atoms with van der Waals surface area (Å²) >= 11 is 0. The highest BCUT2D eigenvalue weighted by Gasteiger charge is 2.35. The van der Waals surface area contributed by atoms with Crippen LogP contribution >= 0.6 is 0 Å². The van der Waals surface area contributed by atoms with E-state index in [-0.39, 0.29) is 17.8 Å². The number of benzene rings is 1. The first-order valence-corrected chi connectivity index (χ1v) is 8.95. The molecule has 1 atom stereocenters. The molecule has 5 heteroatoms. The lowest BCUT2D eigenvalue weighted by Gasteiger charge is -2.42. The van der Waals surface area contributed by atoms with Crippen molar-refractivity contribution in [3.05, 3.63) is 53.5 Å². The first kappa shape index (κ1) is 17.8. The summed E-state index contributed by atoms with van der Waals surface area (Å²) < 4.78 is 13.1. The quantitative estimate of drug-likeness (QED) is 0.902. The van der Waals surface area contributed by atoms with Crippen LogP contribution in [0.25, 0.3) is 0 Å². The molecule has 25 heavy (non-hydrogen) atoms. The number of aliphatic hydroxyl groups is 1. The van der Waals surface area contributed by atoms with Gasteiger partial charge in [-0.05, 0) is 55.0 Å². The van der Waals surface area contributed by atoms with Crippen molar-refractivity contribution in [2.45, 2.75) is 39.0 Å². The molecule has 2 heterocycles. The van der Waals surface area contributed by atoms with Crippen molar-refractivity contribution in [3.8, 4) is 0 Å². The fraction of sp³-hybridized carbons (Fsp3) is 0.500. The summed E-state index contributed by atoms with van der Waals surface area (Å²) in [5.74, 6) is 0.992. The van der Waals surface area contributed by atoms with Crippen LogP contribution in [0, 0.1) is 11.2 Å². The van der Waals surface area contributed by atoms with E-state index in [1.54, 1.807) is 0 Å². The van der Waals surface area contributed by atoms with Crippen molar-refractivity contribution in [2.24, 2.45) is 5.41 Å². The lowest BCUT2D eigenvalue weighted by atomic mass is 9.75. The van der Waals surface area contributed by atoms with Crippen LogP contribution in [0.2, 0.25) is 0 Å². The van der Waals surface area contributed by atoms with E-state index in [0.717, 1.165) is 49.4 Å². The summed E-state index contributed by atoms with van der Waals surface area (Å²) in [6.45, 7) is 5.96. The second-order valence-corrected chi connectivity index (χ2v) is 7.46. The molecule has 1 saturated heterocycles. The Bertz CT molecular complexity index is 687. The van der Waals surface area contributed by atoms with Crippen LogP contribution < -0.4 is 4.90 Å². The summed E-state index contributed by atoms with van der Waals surface area (Å²) in [7, 11) is 0. The maximum absolute atomic E-state index is 13.1. The molecule has 4 nitrogen and oxygen atoms in total. The van der Waals surface area contributed by atoms with Crippen LogP contribution in [0.3, 0.4) is 0 Å². The molecule has 1 aromatic carbocycles. The third kappa shape index (κ3) is 4.15. The second-order valence-electron chi connectivity index (χ2n) is 7.46. The van der Waals surface area contributed by atoms with Gasteiger partial charge in [-0.2, -0.15) is 5.10 Å². The molecule has 1 aliphatic rings. The predicted octanol–water partition coefficient (Wildman–Crippen LogP) is 3.56. The van der Waals surface area contributed by atoms with Gasteiger partial charge in [-0.1, -0.05) is 26.0 Å². The van der Waals surface area contributed by atoms with Gasteiger partial charge in [0.25, 0.3) is 0 Å². The van der Waals surface area contributed by atoms with Crippen LogP contribution in [0.15, 0.2) is 36.4 Å². The minimum Gasteiger partial charge on any atom is -0.396 e. The summed E-state index contributed by atoms with van der Waals surface area (Å²) in [6.07, 6.45) is 2.68. The Kier molecular flexibility index (Phi) is 5.33. The molecule has 0 unspecified atom stereocenters. The van der Waals surface area contributed by atoms with Crippen molar-refractivity contribution >= 4 is 5.82 Å². The first-order chi connectivity index (χ1) is 12.0. The van der Waals surface area contributed by atoms with E-state index in [1.807, 2.05) is 24.3 Å². The molecule has 0 radical (unpaired) electrons. The molecule has 2 aromatic rings. The molecule has 1 fully saturated rings. The van der Waals surface area contributed by atoms with E-state index >= 15 is 0 Å². The third-order valence-corrected chi connectivity index (χ3v) is 5.08. The molecule has 0 spiro atoms. The van der Waals surface area contributed by atoms with E-state index in [2.05, 4.69) is 28.9 Å². The Morgan fingerprint density at radius 2 is 1.92 bits per heavy atom. The maximum Gasteiger partial charge on any atom is 0.151 e. The largest absolute Gasteiger partial charge is 0.396 e. The van der Waals surface area contributed by atoms with Crippen LogP contribution in [-0.2, 0) is 6.42 Å². The van der Waals surface area contributed by atoms with Crippen LogP contribution in [-0.4, -0.2) is 35.0 Å². The Morgan fingerprint density at radius 1 is 1.16 bits per heavy atom. The topological polar surface area (TPSA) is 49.2 Å². The van der Waals surface area contributed by atoms with Crippen molar-refractivity contribution in [2.75, 3.05) is 24.6 Å². The summed E-state index contributed by atoms with van der Waals surface area (Å²) in [5, 5.41) is 18.8. The number of nitrogens with zero attached hydrogens (tertiary/aromatic N) is 3. The maximum atomic E-state index is 13.1. The normalized spacial score (nSPS) is 20.9. The fourth-order valence-corrected chi connectivity index (χ4v) is 3.58. The summed E-state index contributed by atoms with van der Waals surface area (Å²) in [6, 6.07) is 10.6. The molecule has 1 N–H and O–H groups in total. The smallest absolute Gasteiger partial charge is 0.151 e. The first-order valence-electron chi connectivity index (χ1n) is 8.95. The molecule has 134 valence electrons. The van der Waals surface area contributed by atoms with Crippen LogP contribution in [0.4, 0.5) is 10.2 Å². The Morgan fingerprint density at radius 3 is 2.52 bits per heavy atom. The number of halogens is 1. The summed E-state index contributed by atoms with van der Waals surface area (Å²) in [5.41, 5.74) is 1.81. The van der Waals surface area contributed by atoms with E-state index in [9.17, 15) is 9.50 Å². The standard InChI is InChI=1S/C20H26FN3O/c1-15(2)18-8-9-19(23-22-18)24-11-3-10-20(13-24,14-25)12-16-4-6-17(21)7-5-16/h4-9,15,25H,3,10-14H2,1-2H3/t20-/m0/s1. The van der Waals surface area contributed by atoms with Gasteiger partial charge in [0.2, 0.25) is 0 Å². The van der Waals surface area contributed by atoms with Gasteiger partial charge in [0.05, 0.1) is 12.3 Å². The highest BCUT2D eigenvalue weighted by Crippen LogP contribution is 2.35. The average Bonchev–Trinajstić information content (AvgIpc) is 2.64. The fourth-order valence-electron chi connectivity index (χ4n) is 3.58. The van der Waals surface area contributed by atoms with E-state index in [4.69, 9.17) is 0 Å². The SMILES string of the molecule is CC(C)c1ccc(N2CCC[C@](CO)(Cc3ccc(F)cc3)C2)nn1. The molecular weight excluding hydrogens is 317 g/mol. The zero-order valence-electron chi connectivity index (χ0n) is 15.0. The van der Waals surface area contributed by atoms with E-state index in [1.165, 1.54) is 12.1 Å².